The molecule has 0 saturated carbocycles. The molecule has 1 unspecified atom stereocenters. The molecule has 9 heteroatoms. The Bertz CT molecular complexity index is 866. The average Bonchev–Trinajstić information content (AvgIpc) is 3.02. The van der Waals surface area contributed by atoms with Gasteiger partial charge in [-0.2, -0.15) is 0 Å². The Hall–Kier alpha value is -2.45. The molecule has 0 aliphatic rings. The number of halogens is 1. The minimum atomic E-state index is -0.759. The van der Waals surface area contributed by atoms with Gasteiger partial charge < -0.3 is 10.6 Å². The summed E-state index contributed by atoms with van der Waals surface area (Å²) in [7, 11) is 0. The van der Waals surface area contributed by atoms with E-state index >= 15 is 0 Å². The van der Waals surface area contributed by atoms with Crippen LogP contribution in [0.5, 0.6) is 0 Å². The second kappa shape index (κ2) is 8.96. The van der Waals surface area contributed by atoms with Crippen molar-refractivity contribution in [3.8, 4) is 0 Å². The zero-order valence-corrected chi connectivity index (χ0v) is 16.7. The van der Waals surface area contributed by atoms with Gasteiger partial charge in [0.05, 0.1) is 22.1 Å². The van der Waals surface area contributed by atoms with E-state index in [4.69, 9.17) is 11.6 Å². The van der Waals surface area contributed by atoms with Crippen molar-refractivity contribution in [2.24, 2.45) is 5.92 Å². The Labute approximate surface area is 165 Å². The summed E-state index contributed by atoms with van der Waals surface area (Å²) in [6, 6.07) is 6.75. The number of carbonyl (C=O) groups excluding carboxylic acids is 2. The summed E-state index contributed by atoms with van der Waals surface area (Å²) in [5, 5.41) is 16.2. The highest BCUT2D eigenvalue weighted by molar-refractivity contribution is 7.11. The Morgan fingerprint density at radius 1 is 1.26 bits per heavy atom. The summed E-state index contributed by atoms with van der Waals surface area (Å²) in [6.07, 6.45) is 0. The van der Waals surface area contributed by atoms with Gasteiger partial charge in [-0.05, 0) is 31.0 Å². The molecule has 0 fully saturated rings. The molecule has 27 heavy (non-hydrogen) atoms. The molecule has 2 N–H and O–H groups in total. The molecular weight excluding hydrogens is 390 g/mol. The maximum Gasteiger partial charge on any atom is 0.270 e. The molecule has 2 amide bonds. The molecule has 0 aliphatic heterocycles. The highest BCUT2D eigenvalue weighted by Crippen LogP contribution is 2.22. The van der Waals surface area contributed by atoms with Gasteiger partial charge in [-0.1, -0.05) is 25.4 Å². The molecule has 0 saturated heterocycles. The number of nitrogens with one attached hydrogen (secondary N) is 2. The third kappa shape index (κ3) is 5.51. The van der Waals surface area contributed by atoms with Crippen molar-refractivity contribution in [2.45, 2.75) is 33.4 Å². The fourth-order valence-electron chi connectivity index (χ4n) is 2.42. The minimum Gasteiger partial charge on any atom is -0.349 e. The monoisotopic (exact) mass is 409 g/mol. The third-order valence-electron chi connectivity index (χ3n) is 3.88. The first-order valence-electron chi connectivity index (χ1n) is 8.27. The van der Waals surface area contributed by atoms with E-state index in [1.54, 1.807) is 11.3 Å². The summed E-state index contributed by atoms with van der Waals surface area (Å²) < 4.78 is 0. The van der Waals surface area contributed by atoms with Crippen molar-refractivity contribution in [1.82, 2.24) is 10.6 Å². The molecule has 0 spiro atoms. The molecular formula is C18H20ClN3O4S. The lowest BCUT2D eigenvalue weighted by Gasteiger charge is -2.22. The lowest BCUT2D eigenvalue weighted by Crippen LogP contribution is -2.49. The molecule has 1 aromatic carbocycles. The maximum atomic E-state index is 12.5. The van der Waals surface area contributed by atoms with Crippen LogP contribution < -0.4 is 10.6 Å². The zero-order chi connectivity index (χ0) is 20.1. The largest absolute Gasteiger partial charge is 0.349 e. The predicted molar refractivity (Wildman–Crippen MR) is 105 cm³/mol. The number of aryl methyl sites for hydroxylation is 1. The van der Waals surface area contributed by atoms with E-state index in [2.05, 4.69) is 10.6 Å². The minimum absolute atomic E-state index is 0.0429. The smallest absolute Gasteiger partial charge is 0.270 e. The van der Waals surface area contributed by atoms with Gasteiger partial charge >= 0.3 is 0 Å². The molecule has 7 nitrogen and oxygen atoms in total. The number of thiophene rings is 1. The van der Waals surface area contributed by atoms with Crippen LogP contribution in [0.3, 0.4) is 0 Å². The molecule has 0 bridgehead atoms. The number of non-ortho nitro benzene ring substituents is 1. The van der Waals surface area contributed by atoms with E-state index in [9.17, 15) is 19.7 Å². The van der Waals surface area contributed by atoms with E-state index in [1.807, 2.05) is 32.9 Å². The van der Waals surface area contributed by atoms with Gasteiger partial charge in [0, 0.05) is 21.9 Å². The van der Waals surface area contributed by atoms with Crippen LogP contribution in [-0.4, -0.2) is 22.8 Å². The highest BCUT2D eigenvalue weighted by Gasteiger charge is 2.26. The summed E-state index contributed by atoms with van der Waals surface area (Å²) in [5.41, 5.74) is -0.129. The fraction of sp³-hybridized carbons (Fsp3) is 0.333. The van der Waals surface area contributed by atoms with Gasteiger partial charge in [0.1, 0.15) is 6.04 Å². The standard InChI is InChI=1S/C18H20ClN3O4S/c1-10(2)16(18(24)20-9-13-6-4-11(3)27-13)21-17(23)14-7-5-12(22(25)26)8-15(14)19/h4-8,10,16H,9H2,1-3H3,(H,20,24)(H,21,23). The average molecular weight is 410 g/mol. The number of amides is 2. The summed E-state index contributed by atoms with van der Waals surface area (Å²) in [5.74, 6) is -1.02. The van der Waals surface area contributed by atoms with Gasteiger partial charge in [-0.3, -0.25) is 19.7 Å². The van der Waals surface area contributed by atoms with Crippen LogP contribution in [0.4, 0.5) is 5.69 Å². The Kier molecular flexibility index (Phi) is 6.92. The summed E-state index contributed by atoms with van der Waals surface area (Å²) in [6.45, 7) is 6.00. The van der Waals surface area contributed by atoms with Crippen LogP contribution in [0.2, 0.25) is 5.02 Å². The second-order valence-corrected chi connectivity index (χ2v) is 8.13. The van der Waals surface area contributed by atoms with E-state index in [1.165, 1.54) is 12.1 Å². The van der Waals surface area contributed by atoms with Crippen LogP contribution in [-0.2, 0) is 11.3 Å². The van der Waals surface area contributed by atoms with Crippen LogP contribution in [0.1, 0.15) is 34.0 Å². The topological polar surface area (TPSA) is 101 Å². The fourth-order valence-corrected chi connectivity index (χ4v) is 3.51. The lowest BCUT2D eigenvalue weighted by molar-refractivity contribution is -0.384. The number of nitrogens with zero attached hydrogens (tertiary/aromatic N) is 1. The van der Waals surface area contributed by atoms with E-state index in [0.717, 1.165) is 15.8 Å². The molecule has 0 radical (unpaired) electrons. The lowest BCUT2D eigenvalue weighted by atomic mass is 10.0. The molecule has 1 heterocycles. The number of nitro groups is 1. The molecule has 144 valence electrons. The molecule has 1 aromatic heterocycles. The zero-order valence-electron chi connectivity index (χ0n) is 15.1. The van der Waals surface area contributed by atoms with Gasteiger partial charge in [0.25, 0.3) is 11.6 Å². The number of carbonyl (C=O) groups is 2. The molecule has 2 rings (SSSR count). The first-order valence-corrected chi connectivity index (χ1v) is 9.46. The first kappa shape index (κ1) is 20.9. The molecule has 2 aromatic rings. The SMILES string of the molecule is Cc1ccc(CNC(=O)C(NC(=O)c2ccc([N+](=O)[O-])cc2Cl)C(C)C)s1. The van der Waals surface area contributed by atoms with Crippen LogP contribution in [0, 0.1) is 23.0 Å². The molecule has 0 aliphatic carbocycles. The van der Waals surface area contributed by atoms with Crippen molar-refractivity contribution in [2.75, 3.05) is 0 Å². The Morgan fingerprint density at radius 2 is 1.96 bits per heavy atom. The summed E-state index contributed by atoms with van der Waals surface area (Å²) >= 11 is 7.58. The quantitative estimate of drug-likeness (QED) is 0.537. The number of nitro benzene ring substituents is 1. The van der Waals surface area contributed by atoms with Crippen LogP contribution in [0.15, 0.2) is 30.3 Å². The maximum absolute atomic E-state index is 12.5. The predicted octanol–water partition coefficient (Wildman–Crippen LogP) is 3.69. The van der Waals surface area contributed by atoms with E-state index in [-0.39, 0.29) is 28.1 Å². The van der Waals surface area contributed by atoms with Crippen molar-refractivity contribution in [3.05, 3.63) is 60.8 Å². The summed E-state index contributed by atoms with van der Waals surface area (Å²) in [4.78, 5) is 37.4. The van der Waals surface area contributed by atoms with Gasteiger partial charge in [0.15, 0.2) is 0 Å². The Morgan fingerprint density at radius 3 is 2.48 bits per heavy atom. The Balaban J connectivity index is 2.07. The normalized spacial score (nSPS) is 11.9. The van der Waals surface area contributed by atoms with Gasteiger partial charge in [-0.25, -0.2) is 0 Å². The van der Waals surface area contributed by atoms with Crippen molar-refractivity contribution in [1.29, 1.82) is 0 Å². The van der Waals surface area contributed by atoms with Gasteiger partial charge in [0.2, 0.25) is 5.91 Å². The number of benzene rings is 1. The van der Waals surface area contributed by atoms with Crippen LogP contribution in [0.25, 0.3) is 0 Å². The first-order chi connectivity index (χ1) is 12.7. The van der Waals surface area contributed by atoms with Crippen molar-refractivity contribution >= 4 is 40.4 Å². The van der Waals surface area contributed by atoms with Crippen molar-refractivity contribution < 1.29 is 14.5 Å². The highest BCUT2D eigenvalue weighted by atomic mass is 35.5. The number of hydrogen-bond acceptors (Lipinski definition) is 5. The number of rotatable bonds is 7. The van der Waals surface area contributed by atoms with E-state index < -0.39 is 16.9 Å². The van der Waals surface area contributed by atoms with Gasteiger partial charge in [-0.15, -0.1) is 11.3 Å². The number of hydrogen-bond donors (Lipinski definition) is 2. The van der Waals surface area contributed by atoms with Crippen molar-refractivity contribution in [3.63, 3.8) is 0 Å². The van der Waals surface area contributed by atoms with E-state index in [0.29, 0.717) is 6.54 Å². The second-order valence-electron chi connectivity index (χ2n) is 6.35. The van der Waals surface area contributed by atoms with Crippen LogP contribution >= 0.6 is 22.9 Å². The molecule has 1 atom stereocenters. The third-order valence-corrected chi connectivity index (χ3v) is 5.19.